The Labute approximate surface area is 238 Å². The van der Waals surface area contributed by atoms with Gasteiger partial charge in [-0.05, 0) is 43.9 Å². The molecule has 236 valence electrons. The molecule has 0 spiro atoms. The summed E-state index contributed by atoms with van der Waals surface area (Å²) in [6.45, 7) is 13.1. The fourth-order valence-electron chi connectivity index (χ4n) is 5.48. The number of nitrogens with zero attached hydrogens (tertiary/aromatic N) is 1. The van der Waals surface area contributed by atoms with E-state index in [0.29, 0.717) is 50.3 Å². The molecule has 3 rings (SSSR count). The first kappa shape index (κ1) is 36.0. The number of hydrogen-bond acceptors (Lipinski definition) is 8. The number of ether oxygens (including phenoxy) is 2. The highest BCUT2D eigenvalue weighted by Crippen LogP contribution is 2.52. The summed E-state index contributed by atoms with van der Waals surface area (Å²) in [6.07, 6.45) is 0.869. The molecule has 2 saturated carbocycles. The summed E-state index contributed by atoms with van der Waals surface area (Å²) in [7, 11) is 0. The molecule has 1 heterocycles. The first-order valence-corrected chi connectivity index (χ1v) is 14.8. The predicted molar refractivity (Wildman–Crippen MR) is 154 cm³/mol. The Hall–Kier alpha value is -1.04. The quantitative estimate of drug-likeness (QED) is 0.279. The summed E-state index contributed by atoms with van der Waals surface area (Å²) in [5.74, 6) is 2.27. The van der Waals surface area contributed by atoms with Crippen molar-refractivity contribution in [2.45, 2.75) is 99.1 Å². The number of aliphatic hydroxyl groups excluding tert-OH is 2. The van der Waals surface area contributed by atoms with Gasteiger partial charge in [0.2, 0.25) is 0 Å². The molecule has 1 saturated heterocycles. The summed E-state index contributed by atoms with van der Waals surface area (Å²) >= 11 is 0. The molecule has 1 aliphatic heterocycles. The summed E-state index contributed by atoms with van der Waals surface area (Å²) in [5, 5.41) is 23.2. The van der Waals surface area contributed by atoms with Crippen molar-refractivity contribution in [1.29, 1.82) is 0 Å². The van der Waals surface area contributed by atoms with Crippen molar-refractivity contribution in [3.8, 4) is 0 Å². The third-order valence-electron chi connectivity index (χ3n) is 7.72. The molecule has 0 bridgehead atoms. The summed E-state index contributed by atoms with van der Waals surface area (Å²) < 4.78 is 34.5. The largest absolute Gasteiger partial charge is 0.392 e. The summed E-state index contributed by atoms with van der Waals surface area (Å²) in [6, 6.07) is -0.414. The Morgan fingerprint density at radius 3 is 2.31 bits per heavy atom. The average Bonchev–Trinajstić information content (AvgIpc) is 3.68. The highest BCUT2D eigenvalue weighted by atomic mass is 19.3. The number of ketones is 2. The van der Waals surface area contributed by atoms with Gasteiger partial charge in [-0.2, -0.15) is 8.78 Å². The Bertz CT molecular complexity index is 717. The van der Waals surface area contributed by atoms with Crippen LogP contribution < -0.4 is 5.32 Å². The molecule has 0 aromatic heterocycles. The van der Waals surface area contributed by atoms with E-state index in [1.54, 1.807) is 6.92 Å². The van der Waals surface area contributed by atoms with Gasteiger partial charge >= 0.3 is 6.61 Å². The van der Waals surface area contributed by atoms with E-state index < -0.39 is 37.5 Å². The monoisotopic (exact) mass is 570 g/mol. The van der Waals surface area contributed by atoms with E-state index in [4.69, 9.17) is 4.74 Å². The molecule has 5 unspecified atom stereocenters. The lowest BCUT2D eigenvalue weighted by Crippen LogP contribution is -2.50. The lowest BCUT2D eigenvalue weighted by molar-refractivity contribution is -0.153. The van der Waals surface area contributed by atoms with E-state index in [-0.39, 0.29) is 28.9 Å². The Kier molecular flexibility index (Phi) is 17.0. The first-order chi connectivity index (χ1) is 18.4. The number of nitrogens with one attached hydrogen (secondary N) is 1. The van der Waals surface area contributed by atoms with E-state index in [0.717, 1.165) is 18.3 Å². The third-order valence-corrected chi connectivity index (χ3v) is 7.72. The summed E-state index contributed by atoms with van der Waals surface area (Å²) in [5.41, 5.74) is 0. The van der Waals surface area contributed by atoms with Gasteiger partial charge in [-0.25, -0.2) is 0 Å². The van der Waals surface area contributed by atoms with E-state index in [9.17, 15) is 28.6 Å². The number of hydrogen-bond donors (Lipinski definition) is 3. The number of fused-ring (bicyclic) bond motifs is 1. The van der Waals surface area contributed by atoms with Crippen LogP contribution in [-0.4, -0.2) is 91.1 Å². The zero-order valence-electron chi connectivity index (χ0n) is 25.1. The molecule has 3 N–H and O–H groups in total. The van der Waals surface area contributed by atoms with Crippen LogP contribution in [0, 0.1) is 35.5 Å². The molecule has 39 heavy (non-hydrogen) atoms. The van der Waals surface area contributed by atoms with Crippen molar-refractivity contribution >= 4 is 11.6 Å². The number of Topliss-reactive ketones (excluding diaryl/α,β-unsaturated/α-hetero) is 2. The zero-order chi connectivity index (χ0) is 29.7. The van der Waals surface area contributed by atoms with Crippen molar-refractivity contribution in [3.63, 3.8) is 0 Å². The molecule has 10 heteroatoms. The maximum absolute atomic E-state index is 12.5. The number of carbonyl (C=O) groups excluding carboxylic acids is 2. The second-order valence-corrected chi connectivity index (χ2v) is 11.6. The lowest BCUT2D eigenvalue weighted by Gasteiger charge is -2.31. The number of morpholine rings is 1. The van der Waals surface area contributed by atoms with E-state index >= 15 is 0 Å². The van der Waals surface area contributed by atoms with Gasteiger partial charge in [0.05, 0.1) is 32.5 Å². The van der Waals surface area contributed by atoms with Crippen LogP contribution in [0.25, 0.3) is 0 Å². The number of alkyl halides is 2. The van der Waals surface area contributed by atoms with E-state index in [1.165, 1.54) is 6.42 Å². The second kappa shape index (κ2) is 18.4. The van der Waals surface area contributed by atoms with Gasteiger partial charge in [0, 0.05) is 47.6 Å². The number of carbonyl (C=O) groups is 2. The van der Waals surface area contributed by atoms with Crippen molar-refractivity contribution in [2.24, 2.45) is 35.5 Å². The molecule has 8 atom stereocenters. The van der Waals surface area contributed by atoms with Crippen LogP contribution in [0.1, 0.15) is 78.4 Å². The van der Waals surface area contributed by atoms with Crippen molar-refractivity contribution in [1.82, 2.24) is 10.2 Å². The van der Waals surface area contributed by atoms with Crippen LogP contribution >= 0.6 is 0 Å². The Morgan fingerprint density at radius 1 is 1.15 bits per heavy atom. The van der Waals surface area contributed by atoms with Crippen molar-refractivity contribution in [3.05, 3.63) is 0 Å². The van der Waals surface area contributed by atoms with Gasteiger partial charge in [-0.1, -0.05) is 41.5 Å². The molecule has 8 nitrogen and oxygen atoms in total. The molecule has 2 aliphatic carbocycles. The van der Waals surface area contributed by atoms with Crippen LogP contribution in [0.5, 0.6) is 0 Å². The fourth-order valence-corrected chi connectivity index (χ4v) is 5.48. The van der Waals surface area contributed by atoms with Crippen LogP contribution in [0.4, 0.5) is 8.78 Å². The zero-order valence-corrected chi connectivity index (χ0v) is 25.1. The Balaban J connectivity index is -0.000000846. The number of halogens is 2. The highest BCUT2D eigenvalue weighted by Gasteiger charge is 2.51. The van der Waals surface area contributed by atoms with Gasteiger partial charge in [0.15, 0.2) is 0 Å². The molecule has 0 radical (unpaired) electrons. The van der Waals surface area contributed by atoms with Gasteiger partial charge in [-0.3, -0.25) is 19.8 Å². The smallest absolute Gasteiger partial charge is 0.345 e. The van der Waals surface area contributed by atoms with Gasteiger partial charge in [0.25, 0.3) is 0 Å². The minimum atomic E-state index is -2.97. The lowest BCUT2D eigenvalue weighted by atomic mass is 9.83. The van der Waals surface area contributed by atoms with Gasteiger partial charge < -0.3 is 19.7 Å². The van der Waals surface area contributed by atoms with Crippen molar-refractivity contribution in [2.75, 3.05) is 39.5 Å². The van der Waals surface area contributed by atoms with Gasteiger partial charge in [0.1, 0.15) is 17.8 Å². The Morgan fingerprint density at radius 2 is 1.77 bits per heavy atom. The average molecular weight is 571 g/mol. The van der Waals surface area contributed by atoms with Crippen LogP contribution in [-0.2, 0) is 19.1 Å². The molecule has 0 aromatic rings. The van der Waals surface area contributed by atoms with Crippen molar-refractivity contribution < 1.29 is 42.3 Å². The third kappa shape index (κ3) is 13.4. The molecule has 3 fully saturated rings. The molecule has 3 aliphatic rings. The minimum Gasteiger partial charge on any atom is -0.392 e. The summed E-state index contributed by atoms with van der Waals surface area (Å²) in [4.78, 5) is 25.6. The standard InChI is InChI=1S/C18H34F2N2O5.C9H14O.C2H6.3H2/c1-12(2)8-16(13(3)23)21-17(25)14(11-27-18(19)20)9-15(24)10-22-4-6-26-7-5-22;1-5-3-6(2)9(10)8-4-7(5)8;1-2;;;/h12-14,16-18,21,23,25H,4-11H2,1-3H3;5-8H,3-4H2,1-2H3;1-2H3;3*1H/t13?,14-,16-,17?;5?,6?,7?,8-;;;;/m01..../s1. The molecular weight excluding hydrogens is 510 g/mol. The van der Waals surface area contributed by atoms with Gasteiger partial charge in [-0.15, -0.1) is 0 Å². The normalized spacial score (nSPS) is 27.9. The SMILES string of the molecule is CC.CC(C)C[C@H](NC(O)[C@H](COC(F)F)CC(=O)CN1CCOCC1)C(C)O.CC1CC(C)C2C[C@H]2C1=O.[HH].[HH].[HH]. The molecular formula is C29H60F2N2O6. The number of rotatable bonds is 13. The predicted octanol–water partition coefficient (Wildman–Crippen LogP) is 4.47. The first-order valence-electron chi connectivity index (χ1n) is 14.8. The minimum absolute atomic E-state index is 0. The number of aliphatic hydroxyl groups is 2. The maximum atomic E-state index is 12.5. The topological polar surface area (TPSA) is 108 Å². The maximum Gasteiger partial charge on any atom is 0.345 e. The van der Waals surface area contributed by atoms with Crippen LogP contribution in [0.3, 0.4) is 0 Å². The van der Waals surface area contributed by atoms with Crippen LogP contribution in [0.2, 0.25) is 0 Å². The molecule has 0 aromatic carbocycles. The second-order valence-electron chi connectivity index (χ2n) is 11.6. The van der Waals surface area contributed by atoms with E-state index in [1.807, 2.05) is 32.6 Å². The fraction of sp³-hybridized carbons (Fsp3) is 0.931. The van der Waals surface area contributed by atoms with E-state index in [2.05, 4.69) is 23.9 Å². The van der Waals surface area contributed by atoms with Crippen LogP contribution in [0.15, 0.2) is 0 Å². The highest BCUT2D eigenvalue weighted by molar-refractivity contribution is 5.86. The molecule has 0 amide bonds.